The Morgan fingerprint density at radius 3 is 2.56 bits per heavy atom. The van der Waals surface area contributed by atoms with Gasteiger partial charge in [0.25, 0.3) is 0 Å². The van der Waals surface area contributed by atoms with E-state index < -0.39 is 17.8 Å². The zero-order valence-electron chi connectivity index (χ0n) is 9.47. The number of rotatable bonds is 2. The Bertz CT molecular complexity index is 436. The lowest BCUT2D eigenvalue weighted by atomic mass is 10.1. The molecule has 18 heavy (non-hydrogen) atoms. The topological polar surface area (TPSA) is 32.3 Å². The van der Waals surface area contributed by atoms with Crippen LogP contribution in [0.4, 0.5) is 18.9 Å². The van der Waals surface area contributed by atoms with Crippen LogP contribution in [-0.2, 0) is 6.18 Å². The highest BCUT2D eigenvalue weighted by molar-refractivity contribution is 6.30. The van der Waals surface area contributed by atoms with Crippen molar-refractivity contribution in [2.75, 3.05) is 5.32 Å². The van der Waals surface area contributed by atoms with Crippen molar-refractivity contribution >= 4 is 17.3 Å². The molecule has 0 aromatic heterocycles. The van der Waals surface area contributed by atoms with Crippen molar-refractivity contribution in [3.63, 3.8) is 0 Å². The minimum absolute atomic E-state index is 0.0298. The summed E-state index contributed by atoms with van der Waals surface area (Å²) < 4.78 is 38.5. The fourth-order valence-electron chi connectivity index (χ4n) is 2.19. The predicted molar refractivity (Wildman–Crippen MR) is 63.7 cm³/mol. The van der Waals surface area contributed by atoms with Gasteiger partial charge in [-0.15, -0.1) is 0 Å². The molecule has 100 valence electrons. The molecule has 0 radical (unpaired) electrons. The second-order valence-electron chi connectivity index (χ2n) is 4.44. The average Bonchev–Trinajstić information content (AvgIpc) is 2.66. The van der Waals surface area contributed by atoms with Gasteiger partial charge in [-0.05, 0) is 37.5 Å². The van der Waals surface area contributed by atoms with E-state index in [-0.39, 0.29) is 16.8 Å². The molecule has 2 nitrogen and oxygen atoms in total. The van der Waals surface area contributed by atoms with Crippen molar-refractivity contribution in [1.29, 1.82) is 0 Å². The Morgan fingerprint density at radius 1 is 1.28 bits per heavy atom. The molecule has 2 rings (SSSR count). The first kappa shape index (κ1) is 13.5. The summed E-state index contributed by atoms with van der Waals surface area (Å²) in [6.45, 7) is 0. The molecule has 0 saturated heterocycles. The summed E-state index contributed by atoms with van der Waals surface area (Å²) in [5, 5.41) is 12.4. The molecule has 1 aliphatic rings. The van der Waals surface area contributed by atoms with E-state index in [1.165, 1.54) is 12.1 Å². The van der Waals surface area contributed by atoms with E-state index in [4.69, 9.17) is 11.6 Å². The van der Waals surface area contributed by atoms with Gasteiger partial charge in [0, 0.05) is 10.7 Å². The van der Waals surface area contributed by atoms with Crippen molar-refractivity contribution in [2.45, 2.75) is 37.6 Å². The van der Waals surface area contributed by atoms with Crippen molar-refractivity contribution < 1.29 is 18.3 Å². The summed E-state index contributed by atoms with van der Waals surface area (Å²) in [6.07, 6.45) is -2.96. The van der Waals surface area contributed by atoms with Gasteiger partial charge in [-0.1, -0.05) is 11.6 Å². The van der Waals surface area contributed by atoms with Gasteiger partial charge in [0.2, 0.25) is 0 Å². The second-order valence-corrected chi connectivity index (χ2v) is 4.87. The molecule has 0 aliphatic heterocycles. The SMILES string of the molecule is O[C@H]1CCC[C@@H]1Nc1ccc(Cl)cc1C(F)(F)F. The highest BCUT2D eigenvalue weighted by Gasteiger charge is 2.35. The fourth-order valence-corrected chi connectivity index (χ4v) is 2.36. The van der Waals surface area contributed by atoms with Gasteiger partial charge in [-0.2, -0.15) is 13.2 Å². The van der Waals surface area contributed by atoms with Gasteiger partial charge in [-0.3, -0.25) is 0 Å². The molecule has 0 amide bonds. The molecule has 0 unspecified atom stereocenters. The Kier molecular flexibility index (Phi) is 3.73. The molecular formula is C12H13ClF3NO. The summed E-state index contributed by atoms with van der Waals surface area (Å²) >= 11 is 5.59. The number of halogens is 4. The first-order valence-corrected chi connectivity index (χ1v) is 6.07. The van der Waals surface area contributed by atoms with Gasteiger partial charge in [0.15, 0.2) is 0 Å². The molecule has 1 aliphatic carbocycles. The summed E-state index contributed by atoms with van der Waals surface area (Å²) in [4.78, 5) is 0. The van der Waals surface area contributed by atoms with Crippen LogP contribution in [0, 0.1) is 0 Å². The largest absolute Gasteiger partial charge is 0.418 e. The number of aliphatic hydroxyl groups excluding tert-OH is 1. The number of hydrogen-bond acceptors (Lipinski definition) is 2. The Hall–Kier alpha value is -0.940. The third kappa shape index (κ3) is 2.90. The van der Waals surface area contributed by atoms with E-state index in [9.17, 15) is 18.3 Å². The smallest absolute Gasteiger partial charge is 0.391 e. The van der Waals surface area contributed by atoms with Gasteiger partial charge >= 0.3 is 6.18 Å². The number of hydrogen-bond donors (Lipinski definition) is 2. The maximum absolute atomic E-state index is 12.8. The van der Waals surface area contributed by atoms with E-state index >= 15 is 0 Å². The molecule has 2 N–H and O–H groups in total. The van der Waals surface area contributed by atoms with E-state index in [2.05, 4.69) is 5.32 Å². The second kappa shape index (κ2) is 4.97. The highest BCUT2D eigenvalue weighted by Crippen LogP contribution is 2.37. The molecule has 1 saturated carbocycles. The number of benzene rings is 1. The normalized spacial score (nSPS) is 24.3. The third-order valence-corrected chi connectivity index (χ3v) is 3.34. The van der Waals surface area contributed by atoms with Crippen LogP contribution >= 0.6 is 11.6 Å². The Morgan fingerprint density at radius 2 is 2.00 bits per heavy atom. The summed E-state index contributed by atoms with van der Waals surface area (Å²) in [5.41, 5.74) is -0.827. The van der Waals surface area contributed by atoms with E-state index in [1.54, 1.807) is 0 Å². The minimum atomic E-state index is -4.46. The Balaban J connectivity index is 2.27. The zero-order valence-corrected chi connectivity index (χ0v) is 10.2. The van der Waals surface area contributed by atoms with Crippen LogP contribution in [0.1, 0.15) is 24.8 Å². The standard InChI is InChI=1S/C12H13ClF3NO/c13-7-4-5-9(8(6-7)12(14,15)16)17-10-2-1-3-11(10)18/h4-6,10-11,17-18H,1-3H2/t10-,11-/m0/s1. The number of aliphatic hydroxyl groups is 1. The lowest BCUT2D eigenvalue weighted by Gasteiger charge is -2.21. The number of anilines is 1. The fraction of sp³-hybridized carbons (Fsp3) is 0.500. The predicted octanol–water partition coefficient (Wildman–Crippen LogP) is 3.68. The molecule has 6 heteroatoms. The molecular weight excluding hydrogens is 267 g/mol. The average molecular weight is 280 g/mol. The first-order valence-electron chi connectivity index (χ1n) is 5.69. The zero-order chi connectivity index (χ0) is 13.3. The quantitative estimate of drug-likeness (QED) is 0.865. The monoisotopic (exact) mass is 279 g/mol. The molecule has 1 aromatic carbocycles. The maximum atomic E-state index is 12.8. The van der Waals surface area contributed by atoms with Crippen LogP contribution in [0.3, 0.4) is 0 Å². The lowest BCUT2D eigenvalue weighted by Crippen LogP contribution is -2.29. The maximum Gasteiger partial charge on any atom is 0.418 e. The Labute approximate surface area is 108 Å². The first-order chi connectivity index (χ1) is 8.38. The van der Waals surface area contributed by atoms with Gasteiger partial charge in [0.1, 0.15) is 0 Å². The van der Waals surface area contributed by atoms with Crippen LogP contribution in [0.5, 0.6) is 0 Å². The van der Waals surface area contributed by atoms with Crippen LogP contribution in [0.15, 0.2) is 18.2 Å². The van der Waals surface area contributed by atoms with Crippen LogP contribution in [-0.4, -0.2) is 17.3 Å². The van der Waals surface area contributed by atoms with Crippen molar-refractivity contribution in [3.8, 4) is 0 Å². The van der Waals surface area contributed by atoms with Crippen molar-refractivity contribution in [1.82, 2.24) is 0 Å². The van der Waals surface area contributed by atoms with Crippen LogP contribution in [0.25, 0.3) is 0 Å². The molecule has 1 fully saturated rings. The summed E-state index contributed by atoms with van der Waals surface area (Å²) in [6, 6.07) is 3.27. The number of alkyl halides is 3. The van der Waals surface area contributed by atoms with E-state index in [1.807, 2.05) is 0 Å². The van der Waals surface area contributed by atoms with Gasteiger partial charge < -0.3 is 10.4 Å². The highest BCUT2D eigenvalue weighted by atomic mass is 35.5. The van der Waals surface area contributed by atoms with Gasteiger partial charge in [-0.25, -0.2) is 0 Å². The molecule has 0 spiro atoms. The van der Waals surface area contributed by atoms with E-state index in [0.717, 1.165) is 12.5 Å². The van der Waals surface area contributed by atoms with E-state index in [0.29, 0.717) is 12.8 Å². The van der Waals surface area contributed by atoms with Crippen LogP contribution in [0.2, 0.25) is 5.02 Å². The number of nitrogens with one attached hydrogen (secondary N) is 1. The van der Waals surface area contributed by atoms with Crippen molar-refractivity contribution in [2.24, 2.45) is 0 Å². The summed E-state index contributed by atoms with van der Waals surface area (Å²) in [5.74, 6) is 0. The summed E-state index contributed by atoms with van der Waals surface area (Å²) in [7, 11) is 0. The van der Waals surface area contributed by atoms with Crippen molar-refractivity contribution in [3.05, 3.63) is 28.8 Å². The minimum Gasteiger partial charge on any atom is -0.391 e. The molecule has 2 atom stereocenters. The van der Waals surface area contributed by atoms with Gasteiger partial charge in [0.05, 0.1) is 17.7 Å². The lowest BCUT2D eigenvalue weighted by molar-refractivity contribution is -0.137. The third-order valence-electron chi connectivity index (χ3n) is 3.11. The molecule has 0 heterocycles. The van der Waals surface area contributed by atoms with Crippen LogP contribution < -0.4 is 5.32 Å². The molecule has 0 bridgehead atoms. The molecule has 1 aromatic rings.